The van der Waals surface area contributed by atoms with E-state index in [9.17, 15) is 0 Å². The van der Waals surface area contributed by atoms with E-state index in [1.165, 1.54) is 0 Å². The molecule has 0 atom stereocenters. The van der Waals surface area contributed by atoms with Crippen LogP contribution in [0.25, 0.3) is 0 Å². The van der Waals surface area contributed by atoms with Gasteiger partial charge in [0, 0.05) is 23.9 Å². The van der Waals surface area contributed by atoms with Crippen LogP contribution < -0.4 is 5.73 Å². The molecule has 0 radical (unpaired) electrons. The molecule has 0 heterocycles. The van der Waals surface area contributed by atoms with Crippen LogP contribution >= 0.6 is 0 Å². The topological polar surface area (TPSA) is 38.4 Å². The molecule has 80 valence electrons. The van der Waals surface area contributed by atoms with Crippen molar-refractivity contribution in [3.05, 3.63) is 65.7 Å². The van der Waals surface area contributed by atoms with E-state index < -0.39 is 0 Å². The highest BCUT2D eigenvalue weighted by Crippen LogP contribution is 2.16. The van der Waals surface area contributed by atoms with E-state index >= 15 is 0 Å². The van der Waals surface area contributed by atoms with Gasteiger partial charge in [0.15, 0.2) is 0 Å². The highest BCUT2D eigenvalue weighted by Gasteiger charge is 2.07. The van der Waals surface area contributed by atoms with E-state index in [-0.39, 0.29) is 0 Å². The first-order valence-electron chi connectivity index (χ1n) is 5.20. The summed E-state index contributed by atoms with van der Waals surface area (Å²) in [7, 11) is 1.79. The maximum absolute atomic E-state index is 5.95. The molecule has 2 aromatic carbocycles. The van der Waals surface area contributed by atoms with Crippen LogP contribution in [0.4, 0.5) is 5.69 Å². The highest BCUT2D eigenvalue weighted by molar-refractivity contribution is 6.15. The van der Waals surface area contributed by atoms with Gasteiger partial charge in [-0.3, -0.25) is 4.99 Å². The number of hydrogen-bond donors (Lipinski definition) is 1. The summed E-state index contributed by atoms with van der Waals surface area (Å²) < 4.78 is 0. The normalized spacial score (nSPS) is 11.4. The van der Waals surface area contributed by atoms with Crippen LogP contribution in [0.5, 0.6) is 0 Å². The van der Waals surface area contributed by atoms with Crippen LogP contribution in [-0.2, 0) is 0 Å². The Labute approximate surface area is 95.5 Å². The van der Waals surface area contributed by atoms with Gasteiger partial charge in [-0.15, -0.1) is 0 Å². The van der Waals surface area contributed by atoms with E-state index in [1.807, 2.05) is 54.6 Å². The smallest absolute Gasteiger partial charge is 0.0736 e. The van der Waals surface area contributed by atoms with Gasteiger partial charge in [0.05, 0.1) is 5.71 Å². The van der Waals surface area contributed by atoms with Crippen LogP contribution in [0.15, 0.2) is 59.6 Å². The van der Waals surface area contributed by atoms with Crippen LogP contribution in [0, 0.1) is 0 Å². The van der Waals surface area contributed by atoms with Gasteiger partial charge >= 0.3 is 0 Å². The third kappa shape index (κ3) is 1.96. The third-order valence-corrected chi connectivity index (χ3v) is 2.49. The van der Waals surface area contributed by atoms with Gasteiger partial charge in [0.25, 0.3) is 0 Å². The number of nitrogen functional groups attached to an aromatic ring is 1. The Morgan fingerprint density at radius 2 is 1.56 bits per heavy atom. The summed E-state index contributed by atoms with van der Waals surface area (Å²) in [5.74, 6) is 0. The van der Waals surface area contributed by atoms with Crippen LogP contribution in [0.2, 0.25) is 0 Å². The molecule has 0 amide bonds. The molecule has 0 fully saturated rings. The summed E-state index contributed by atoms with van der Waals surface area (Å²) in [6, 6.07) is 17.8. The average molecular weight is 210 g/mol. The van der Waals surface area contributed by atoms with Gasteiger partial charge in [-0.25, -0.2) is 0 Å². The highest BCUT2D eigenvalue weighted by atomic mass is 14.7. The van der Waals surface area contributed by atoms with Crippen molar-refractivity contribution < 1.29 is 0 Å². The van der Waals surface area contributed by atoms with Crippen molar-refractivity contribution in [1.29, 1.82) is 0 Å². The first-order valence-corrected chi connectivity index (χ1v) is 5.20. The number of aliphatic imine (C=N–C) groups is 1. The number of benzene rings is 2. The second-order valence-electron chi connectivity index (χ2n) is 3.53. The lowest BCUT2D eigenvalue weighted by molar-refractivity contribution is 1.41. The van der Waals surface area contributed by atoms with E-state index in [2.05, 4.69) is 4.99 Å². The molecule has 2 heteroatoms. The number of rotatable bonds is 2. The Bertz CT molecular complexity index is 501. The van der Waals surface area contributed by atoms with Crippen molar-refractivity contribution in [3.8, 4) is 0 Å². The summed E-state index contributed by atoms with van der Waals surface area (Å²) in [6.07, 6.45) is 0. The quantitative estimate of drug-likeness (QED) is 0.600. The van der Waals surface area contributed by atoms with Gasteiger partial charge in [0.1, 0.15) is 0 Å². The van der Waals surface area contributed by atoms with Crippen molar-refractivity contribution in [3.63, 3.8) is 0 Å². The standard InChI is InChI=1S/C14H14N2/c1-16-14(11-7-3-2-4-8-11)12-9-5-6-10-13(12)15/h2-10H,15H2,1H3/b16-14-. The number of hydrogen-bond acceptors (Lipinski definition) is 2. The van der Waals surface area contributed by atoms with Crippen molar-refractivity contribution in [2.75, 3.05) is 12.8 Å². The zero-order valence-electron chi connectivity index (χ0n) is 9.22. The molecule has 2 aromatic rings. The lowest BCUT2D eigenvalue weighted by Gasteiger charge is -2.08. The SMILES string of the molecule is C/N=C(/c1ccccc1)c1ccccc1N. The van der Waals surface area contributed by atoms with Crippen LogP contribution in [0.1, 0.15) is 11.1 Å². The molecule has 2 N–H and O–H groups in total. The zero-order valence-corrected chi connectivity index (χ0v) is 9.22. The average Bonchev–Trinajstić information content (AvgIpc) is 2.34. The van der Waals surface area contributed by atoms with Crippen molar-refractivity contribution in [1.82, 2.24) is 0 Å². The summed E-state index contributed by atoms with van der Waals surface area (Å²) in [5, 5.41) is 0. The monoisotopic (exact) mass is 210 g/mol. The third-order valence-electron chi connectivity index (χ3n) is 2.49. The fraction of sp³-hybridized carbons (Fsp3) is 0.0714. The molecule has 2 rings (SSSR count). The molecule has 0 aliphatic heterocycles. The first-order chi connectivity index (χ1) is 7.83. The molecular weight excluding hydrogens is 196 g/mol. The van der Waals surface area contributed by atoms with E-state index in [0.29, 0.717) is 0 Å². The minimum atomic E-state index is 0.756. The number of nitrogens with zero attached hydrogens (tertiary/aromatic N) is 1. The van der Waals surface area contributed by atoms with Crippen molar-refractivity contribution >= 4 is 11.4 Å². The number of anilines is 1. The molecule has 0 saturated carbocycles. The van der Waals surface area contributed by atoms with Gasteiger partial charge in [-0.2, -0.15) is 0 Å². The van der Waals surface area contributed by atoms with Crippen molar-refractivity contribution in [2.45, 2.75) is 0 Å². The summed E-state index contributed by atoms with van der Waals surface area (Å²) in [4.78, 5) is 4.33. The molecule has 16 heavy (non-hydrogen) atoms. The molecular formula is C14H14N2. The maximum Gasteiger partial charge on any atom is 0.0736 e. The Hall–Kier alpha value is -2.09. The number of para-hydroxylation sites is 1. The van der Waals surface area contributed by atoms with Gasteiger partial charge in [0.2, 0.25) is 0 Å². The minimum Gasteiger partial charge on any atom is -0.398 e. The predicted molar refractivity (Wildman–Crippen MR) is 68.9 cm³/mol. The second kappa shape index (κ2) is 4.62. The Morgan fingerprint density at radius 1 is 0.938 bits per heavy atom. The van der Waals surface area contributed by atoms with Crippen LogP contribution in [0.3, 0.4) is 0 Å². The molecule has 0 unspecified atom stereocenters. The zero-order chi connectivity index (χ0) is 11.4. The molecule has 0 aliphatic carbocycles. The van der Waals surface area contributed by atoms with Crippen LogP contribution in [-0.4, -0.2) is 12.8 Å². The van der Waals surface area contributed by atoms with Gasteiger partial charge < -0.3 is 5.73 Å². The molecule has 0 aromatic heterocycles. The molecule has 2 nitrogen and oxygen atoms in total. The lowest BCUT2D eigenvalue weighted by Crippen LogP contribution is -2.06. The first kappa shape index (κ1) is 10.4. The minimum absolute atomic E-state index is 0.756. The number of nitrogens with two attached hydrogens (primary N) is 1. The lowest BCUT2D eigenvalue weighted by atomic mass is 10.0. The Kier molecular flexibility index (Phi) is 3.01. The summed E-state index contributed by atoms with van der Waals surface area (Å²) in [6.45, 7) is 0. The fourth-order valence-corrected chi connectivity index (χ4v) is 1.71. The molecule has 0 bridgehead atoms. The van der Waals surface area contributed by atoms with Crippen molar-refractivity contribution in [2.24, 2.45) is 4.99 Å². The largest absolute Gasteiger partial charge is 0.398 e. The van der Waals surface area contributed by atoms with E-state index in [0.717, 1.165) is 22.5 Å². The fourth-order valence-electron chi connectivity index (χ4n) is 1.71. The Morgan fingerprint density at radius 3 is 2.19 bits per heavy atom. The Balaban J connectivity index is 2.51. The summed E-state index contributed by atoms with van der Waals surface area (Å²) >= 11 is 0. The van der Waals surface area contributed by atoms with E-state index in [1.54, 1.807) is 7.05 Å². The molecule has 0 saturated heterocycles. The molecule has 0 aliphatic rings. The predicted octanol–water partition coefficient (Wildman–Crippen LogP) is 2.74. The second-order valence-corrected chi connectivity index (χ2v) is 3.53. The molecule has 0 spiro atoms. The van der Waals surface area contributed by atoms with Gasteiger partial charge in [-0.05, 0) is 6.07 Å². The maximum atomic E-state index is 5.95. The summed E-state index contributed by atoms with van der Waals surface area (Å²) in [5.41, 5.74) is 9.71. The van der Waals surface area contributed by atoms with E-state index in [4.69, 9.17) is 5.73 Å². The van der Waals surface area contributed by atoms with Gasteiger partial charge in [-0.1, -0.05) is 48.5 Å².